The van der Waals surface area contributed by atoms with Crippen LogP contribution in [0.15, 0.2) is 61.2 Å². The minimum atomic E-state index is -0.389. The van der Waals surface area contributed by atoms with E-state index in [-0.39, 0.29) is 12.6 Å². The Morgan fingerprint density at radius 2 is 1.36 bits per heavy atom. The molecule has 6 nitrogen and oxygen atoms in total. The first-order valence-electron chi connectivity index (χ1n) is 9.57. The lowest BCUT2D eigenvalue weighted by Crippen LogP contribution is -2.35. The second-order valence-electron chi connectivity index (χ2n) is 6.38. The standard InChI is InChI=1S/C22H30N2O4/c1-4-23-9-5-20(6-10-23)21-7-11-24(12-8-21)13-14-26-15-16-27-17-18-28-22(25)19(2)3/h5-12H,2,4,13-18H2,1,3H3/q+2. The number of esters is 1. The first-order chi connectivity index (χ1) is 13.6. The number of hydrogen-bond donors (Lipinski definition) is 0. The van der Waals surface area contributed by atoms with Crippen molar-refractivity contribution in [2.45, 2.75) is 26.9 Å². The number of nitrogens with zero attached hydrogens (tertiary/aromatic N) is 2. The van der Waals surface area contributed by atoms with E-state index in [1.807, 2.05) is 0 Å². The van der Waals surface area contributed by atoms with Crippen molar-refractivity contribution in [2.24, 2.45) is 0 Å². The van der Waals surface area contributed by atoms with E-state index in [4.69, 9.17) is 14.2 Å². The molecule has 0 bridgehead atoms. The zero-order valence-electron chi connectivity index (χ0n) is 16.8. The molecule has 0 fully saturated rings. The molecule has 0 aromatic carbocycles. The van der Waals surface area contributed by atoms with Gasteiger partial charge in [0.1, 0.15) is 19.8 Å². The van der Waals surface area contributed by atoms with Gasteiger partial charge in [-0.15, -0.1) is 0 Å². The molecule has 0 aliphatic rings. The molecule has 6 heteroatoms. The minimum Gasteiger partial charge on any atom is -0.460 e. The number of aryl methyl sites for hydroxylation is 1. The number of pyridine rings is 2. The van der Waals surface area contributed by atoms with Crippen molar-refractivity contribution in [1.82, 2.24) is 0 Å². The van der Waals surface area contributed by atoms with Crippen LogP contribution in [0, 0.1) is 0 Å². The summed E-state index contributed by atoms with van der Waals surface area (Å²) in [4.78, 5) is 11.2. The van der Waals surface area contributed by atoms with Gasteiger partial charge in [-0.05, 0) is 25.0 Å². The molecule has 28 heavy (non-hydrogen) atoms. The van der Waals surface area contributed by atoms with Crippen LogP contribution in [0.1, 0.15) is 13.8 Å². The van der Waals surface area contributed by atoms with Crippen molar-refractivity contribution >= 4 is 5.97 Å². The molecule has 0 aliphatic carbocycles. The molecule has 0 unspecified atom stereocenters. The average Bonchev–Trinajstić information content (AvgIpc) is 2.72. The molecule has 2 aromatic rings. The van der Waals surface area contributed by atoms with E-state index in [2.05, 4.69) is 71.7 Å². The Kier molecular flexibility index (Phi) is 9.31. The first-order valence-corrected chi connectivity index (χ1v) is 9.57. The molecule has 0 N–H and O–H groups in total. The van der Waals surface area contributed by atoms with Crippen molar-refractivity contribution in [3.05, 3.63) is 61.2 Å². The van der Waals surface area contributed by atoms with Gasteiger partial charge in [0.05, 0.1) is 19.8 Å². The van der Waals surface area contributed by atoms with Gasteiger partial charge in [0.25, 0.3) is 0 Å². The fraction of sp³-hybridized carbons (Fsp3) is 0.409. The number of rotatable bonds is 12. The summed E-state index contributed by atoms with van der Waals surface area (Å²) in [6.07, 6.45) is 8.31. The highest BCUT2D eigenvalue weighted by Gasteiger charge is 2.05. The van der Waals surface area contributed by atoms with Crippen LogP contribution in [0.4, 0.5) is 0 Å². The molecule has 150 valence electrons. The highest BCUT2D eigenvalue weighted by atomic mass is 16.6. The monoisotopic (exact) mass is 386 g/mol. The van der Waals surface area contributed by atoms with E-state index in [9.17, 15) is 4.79 Å². The van der Waals surface area contributed by atoms with Crippen molar-refractivity contribution in [2.75, 3.05) is 33.0 Å². The normalized spacial score (nSPS) is 10.6. The number of aromatic nitrogens is 2. The summed E-state index contributed by atoms with van der Waals surface area (Å²) in [5.74, 6) is -0.389. The topological polar surface area (TPSA) is 52.5 Å². The molecular weight excluding hydrogens is 356 g/mol. The van der Waals surface area contributed by atoms with Crippen LogP contribution in [-0.4, -0.2) is 39.0 Å². The van der Waals surface area contributed by atoms with E-state index >= 15 is 0 Å². The molecule has 0 aliphatic heterocycles. The Hall–Kier alpha value is -2.57. The fourth-order valence-corrected chi connectivity index (χ4v) is 2.47. The lowest BCUT2D eigenvalue weighted by molar-refractivity contribution is -0.698. The lowest BCUT2D eigenvalue weighted by atomic mass is 10.1. The second-order valence-corrected chi connectivity index (χ2v) is 6.38. The third kappa shape index (κ3) is 7.58. The molecule has 2 heterocycles. The summed E-state index contributed by atoms with van der Waals surface area (Å²) in [7, 11) is 0. The van der Waals surface area contributed by atoms with Crippen molar-refractivity contribution < 1.29 is 28.1 Å². The molecule has 0 atom stereocenters. The van der Waals surface area contributed by atoms with E-state index in [1.54, 1.807) is 6.92 Å². The molecular formula is C22H30N2O4+2. The summed E-state index contributed by atoms with van der Waals surface area (Å²) in [5.41, 5.74) is 2.79. The Morgan fingerprint density at radius 1 is 0.857 bits per heavy atom. The van der Waals surface area contributed by atoms with E-state index < -0.39 is 0 Å². The van der Waals surface area contributed by atoms with Gasteiger partial charge in [-0.25, -0.2) is 13.9 Å². The maximum atomic E-state index is 11.2. The van der Waals surface area contributed by atoms with E-state index in [0.29, 0.717) is 32.0 Å². The summed E-state index contributed by atoms with van der Waals surface area (Å²) in [6, 6.07) is 8.49. The predicted molar refractivity (Wildman–Crippen MR) is 105 cm³/mol. The predicted octanol–water partition coefficient (Wildman–Crippen LogP) is 2.10. The second kappa shape index (κ2) is 12.0. The van der Waals surface area contributed by atoms with Crippen molar-refractivity contribution in [3.8, 4) is 11.1 Å². The van der Waals surface area contributed by atoms with Crippen LogP contribution in [0.5, 0.6) is 0 Å². The zero-order chi connectivity index (χ0) is 20.2. The molecule has 2 aromatic heterocycles. The van der Waals surface area contributed by atoms with Crippen molar-refractivity contribution in [3.63, 3.8) is 0 Å². The molecule has 0 saturated carbocycles. The van der Waals surface area contributed by atoms with Crippen LogP contribution < -0.4 is 9.13 Å². The van der Waals surface area contributed by atoms with Crippen LogP contribution in [0.2, 0.25) is 0 Å². The summed E-state index contributed by atoms with van der Waals surface area (Å²) < 4.78 is 20.1. The summed E-state index contributed by atoms with van der Waals surface area (Å²) in [5, 5.41) is 0. The summed E-state index contributed by atoms with van der Waals surface area (Å²) >= 11 is 0. The maximum Gasteiger partial charge on any atom is 0.333 e. The molecule has 2 rings (SSSR count). The third-order valence-electron chi connectivity index (χ3n) is 4.16. The van der Waals surface area contributed by atoms with E-state index in [0.717, 1.165) is 13.1 Å². The Morgan fingerprint density at radius 3 is 1.89 bits per heavy atom. The quantitative estimate of drug-likeness (QED) is 0.243. The van der Waals surface area contributed by atoms with Gasteiger partial charge in [-0.2, -0.15) is 0 Å². The third-order valence-corrected chi connectivity index (χ3v) is 4.16. The lowest BCUT2D eigenvalue weighted by Gasteiger charge is -2.06. The zero-order valence-corrected chi connectivity index (χ0v) is 16.8. The smallest absolute Gasteiger partial charge is 0.333 e. The van der Waals surface area contributed by atoms with Crippen molar-refractivity contribution in [1.29, 1.82) is 0 Å². The van der Waals surface area contributed by atoms with Gasteiger partial charge in [0, 0.05) is 29.8 Å². The van der Waals surface area contributed by atoms with Crippen LogP contribution >= 0.6 is 0 Å². The minimum absolute atomic E-state index is 0.230. The Balaban J connectivity index is 1.58. The number of ether oxygens (including phenoxy) is 3. The van der Waals surface area contributed by atoms with Crippen LogP contribution in [0.25, 0.3) is 11.1 Å². The molecule has 0 amide bonds. The molecule has 0 spiro atoms. The SMILES string of the molecule is C=C(C)C(=O)OCCOCCOCC[n+]1ccc(-c2cc[n+](CC)cc2)cc1. The summed E-state index contributed by atoms with van der Waals surface area (Å²) in [6.45, 7) is 11.2. The van der Waals surface area contributed by atoms with E-state index in [1.165, 1.54) is 11.1 Å². The van der Waals surface area contributed by atoms with Gasteiger partial charge >= 0.3 is 5.97 Å². The van der Waals surface area contributed by atoms with Gasteiger partial charge in [0.2, 0.25) is 0 Å². The number of carbonyl (C=O) groups is 1. The van der Waals surface area contributed by atoms with Gasteiger partial charge < -0.3 is 14.2 Å². The largest absolute Gasteiger partial charge is 0.460 e. The maximum absolute atomic E-state index is 11.2. The van der Waals surface area contributed by atoms with Crippen LogP contribution in [-0.2, 0) is 32.1 Å². The average molecular weight is 386 g/mol. The number of carbonyl (C=O) groups excluding carboxylic acids is 1. The van der Waals surface area contributed by atoms with Crippen LogP contribution in [0.3, 0.4) is 0 Å². The highest BCUT2D eigenvalue weighted by Crippen LogP contribution is 2.15. The van der Waals surface area contributed by atoms with Gasteiger partial charge in [0.15, 0.2) is 31.3 Å². The van der Waals surface area contributed by atoms with Gasteiger partial charge in [-0.1, -0.05) is 6.58 Å². The fourth-order valence-electron chi connectivity index (χ4n) is 2.47. The highest BCUT2D eigenvalue weighted by molar-refractivity contribution is 5.86. The van der Waals surface area contributed by atoms with Gasteiger partial charge in [-0.3, -0.25) is 0 Å². The first kappa shape index (κ1) is 21.7. The molecule has 0 saturated heterocycles. The Bertz CT molecular complexity index is 742. The number of hydrogen-bond acceptors (Lipinski definition) is 4. The Labute approximate surface area is 167 Å². The molecule has 0 radical (unpaired) electrons.